The van der Waals surface area contributed by atoms with E-state index in [1.165, 1.54) is 12.8 Å². The molecule has 46 valence electrons. The van der Waals surface area contributed by atoms with E-state index in [-0.39, 0.29) is 0 Å². The summed E-state index contributed by atoms with van der Waals surface area (Å²) < 4.78 is 0. The largest absolute Gasteiger partial charge is 0.402 e. The van der Waals surface area contributed by atoms with Gasteiger partial charge in [0, 0.05) is 5.70 Å². The maximum Gasteiger partial charge on any atom is 0.00713 e. The highest BCUT2D eigenvalue weighted by molar-refractivity contribution is 5.07. The van der Waals surface area contributed by atoms with E-state index in [1.54, 1.807) is 0 Å². The quantitative estimate of drug-likeness (QED) is 0.576. The van der Waals surface area contributed by atoms with Gasteiger partial charge >= 0.3 is 0 Å². The van der Waals surface area contributed by atoms with Crippen LogP contribution in [0.15, 0.2) is 11.8 Å². The number of hydrogen-bond donors (Lipinski definition) is 1. The summed E-state index contributed by atoms with van der Waals surface area (Å²) in [5.74, 6) is 0.759. The number of hydrogen-bond acceptors (Lipinski definition) is 1. The third-order valence-electron chi connectivity index (χ3n) is 1.49. The van der Waals surface area contributed by atoms with Crippen molar-refractivity contribution in [2.24, 2.45) is 11.7 Å². The van der Waals surface area contributed by atoms with Gasteiger partial charge in [0.15, 0.2) is 0 Å². The second kappa shape index (κ2) is 2.21. The van der Waals surface area contributed by atoms with Crippen LogP contribution in [0.25, 0.3) is 0 Å². The summed E-state index contributed by atoms with van der Waals surface area (Å²) in [4.78, 5) is 0. The molecular formula is C7H13N. The van der Waals surface area contributed by atoms with Crippen molar-refractivity contribution in [3.05, 3.63) is 11.8 Å². The smallest absolute Gasteiger partial charge is 0.00713 e. The lowest BCUT2D eigenvalue weighted by molar-refractivity contribution is 0.957. The lowest BCUT2D eigenvalue weighted by atomic mass is 10.2. The van der Waals surface area contributed by atoms with Gasteiger partial charge in [0.05, 0.1) is 0 Å². The Hall–Kier alpha value is -0.460. The van der Waals surface area contributed by atoms with Crippen LogP contribution in [0.2, 0.25) is 0 Å². The standard InChI is InChI=1S/C7H13N/c1-2-3-7(8)6-4-5-6/h3,6H,2,4-5,8H2,1H3/b7-3+. The van der Waals surface area contributed by atoms with Crippen molar-refractivity contribution in [3.8, 4) is 0 Å². The van der Waals surface area contributed by atoms with E-state index in [1.807, 2.05) is 0 Å². The third kappa shape index (κ3) is 1.25. The summed E-state index contributed by atoms with van der Waals surface area (Å²) >= 11 is 0. The molecule has 1 aliphatic carbocycles. The van der Waals surface area contributed by atoms with Crippen molar-refractivity contribution in [1.29, 1.82) is 0 Å². The number of allylic oxidation sites excluding steroid dienone is 2. The van der Waals surface area contributed by atoms with E-state index in [0.717, 1.165) is 18.0 Å². The summed E-state index contributed by atoms with van der Waals surface area (Å²) in [6, 6.07) is 0. The molecule has 0 spiro atoms. The zero-order valence-electron chi connectivity index (χ0n) is 5.35. The first-order valence-electron chi connectivity index (χ1n) is 3.30. The zero-order valence-corrected chi connectivity index (χ0v) is 5.35. The molecule has 2 N–H and O–H groups in total. The average Bonchev–Trinajstić information content (AvgIpc) is 2.45. The van der Waals surface area contributed by atoms with E-state index in [9.17, 15) is 0 Å². The number of rotatable bonds is 2. The van der Waals surface area contributed by atoms with E-state index in [2.05, 4.69) is 13.0 Å². The minimum absolute atomic E-state index is 0.759. The Kier molecular flexibility index (Phi) is 1.56. The first-order chi connectivity index (χ1) is 3.84. The number of nitrogens with two attached hydrogens (primary N) is 1. The van der Waals surface area contributed by atoms with Crippen LogP contribution in [0.5, 0.6) is 0 Å². The van der Waals surface area contributed by atoms with Crippen molar-refractivity contribution >= 4 is 0 Å². The Morgan fingerprint density at radius 1 is 1.75 bits per heavy atom. The van der Waals surface area contributed by atoms with Crippen LogP contribution in [0.4, 0.5) is 0 Å². The van der Waals surface area contributed by atoms with Crippen molar-refractivity contribution < 1.29 is 0 Å². The minimum Gasteiger partial charge on any atom is -0.402 e. The summed E-state index contributed by atoms with van der Waals surface area (Å²) in [5, 5.41) is 0. The zero-order chi connectivity index (χ0) is 5.98. The highest BCUT2D eigenvalue weighted by Crippen LogP contribution is 2.33. The molecule has 1 aliphatic rings. The highest BCUT2D eigenvalue weighted by atomic mass is 14.6. The molecule has 0 aromatic heterocycles. The molecule has 1 rings (SSSR count). The van der Waals surface area contributed by atoms with E-state index < -0.39 is 0 Å². The van der Waals surface area contributed by atoms with Crippen molar-refractivity contribution in [3.63, 3.8) is 0 Å². The fraction of sp³-hybridized carbons (Fsp3) is 0.714. The van der Waals surface area contributed by atoms with Crippen LogP contribution in [0.1, 0.15) is 26.2 Å². The maximum atomic E-state index is 5.65. The van der Waals surface area contributed by atoms with E-state index in [0.29, 0.717) is 0 Å². The van der Waals surface area contributed by atoms with Gasteiger partial charge in [-0.15, -0.1) is 0 Å². The molecule has 0 unspecified atom stereocenters. The summed E-state index contributed by atoms with van der Waals surface area (Å²) in [6.45, 7) is 2.12. The van der Waals surface area contributed by atoms with Crippen LogP contribution >= 0.6 is 0 Å². The van der Waals surface area contributed by atoms with E-state index >= 15 is 0 Å². The van der Waals surface area contributed by atoms with Crippen LogP contribution in [0.3, 0.4) is 0 Å². The molecule has 1 fully saturated rings. The molecule has 1 saturated carbocycles. The summed E-state index contributed by atoms with van der Waals surface area (Å²) in [6.07, 6.45) is 5.85. The van der Waals surface area contributed by atoms with Gasteiger partial charge in [-0.3, -0.25) is 0 Å². The normalized spacial score (nSPS) is 21.4. The molecular weight excluding hydrogens is 98.1 g/mol. The third-order valence-corrected chi connectivity index (χ3v) is 1.49. The van der Waals surface area contributed by atoms with Crippen LogP contribution < -0.4 is 5.73 Å². The summed E-state index contributed by atoms with van der Waals surface area (Å²) in [7, 11) is 0. The molecule has 0 radical (unpaired) electrons. The van der Waals surface area contributed by atoms with Crippen molar-refractivity contribution in [2.45, 2.75) is 26.2 Å². The predicted octanol–water partition coefficient (Wildman–Crippen LogP) is 1.65. The molecule has 1 nitrogen and oxygen atoms in total. The van der Waals surface area contributed by atoms with Crippen LogP contribution in [0, 0.1) is 5.92 Å². The van der Waals surface area contributed by atoms with Crippen LogP contribution in [-0.2, 0) is 0 Å². The first kappa shape index (κ1) is 5.67. The Balaban J connectivity index is 2.31. The molecule has 0 amide bonds. The van der Waals surface area contributed by atoms with Crippen molar-refractivity contribution in [1.82, 2.24) is 0 Å². The highest BCUT2D eigenvalue weighted by Gasteiger charge is 2.23. The van der Waals surface area contributed by atoms with E-state index in [4.69, 9.17) is 5.73 Å². The van der Waals surface area contributed by atoms with Crippen LogP contribution in [-0.4, -0.2) is 0 Å². The van der Waals surface area contributed by atoms with Gasteiger partial charge < -0.3 is 5.73 Å². The molecule has 8 heavy (non-hydrogen) atoms. The SMILES string of the molecule is CC/C=C(/N)C1CC1. The molecule has 0 atom stereocenters. The van der Waals surface area contributed by atoms with Gasteiger partial charge in [-0.2, -0.15) is 0 Å². The molecule has 1 heteroatoms. The fourth-order valence-electron chi connectivity index (χ4n) is 0.819. The molecule has 0 aromatic rings. The topological polar surface area (TPSA) is 26.0 Å². The van der Waals surface area contributed by atoms with Gasteiger partial charge in [-0.1, -0.05) is 13.0 Å². The van der Waals surface area contributed by atoms with Gasteiger partial charge in [-0.05, 0) is 25.2 Å². The monoisotopic (exact) mass is 111 g/mol. The Labute approximate surface area is 50.6 Å². The second-order valence-electron chi connectivity index (χ2n) is 2.39. The Morgan fingerprint density at radius 3 is 2.75 bits per heavy atom. The van der Waals surface area contributed by atoms with Gasteiger partial charge in [0.1, 0.15) is 0 Å². The molecule has 0 bridgehead atoms. The molecule has 0 aromatic carbocycles. The maximum absolute atomic E-state index is 5.65. The molecule has 0 saturated heterocycles. The van der Waals surface area contributed by atoms with Gasteiger partial charge in [-0.25, -0.2) is 0 Å². The molecule has 0 aliphatic heterocycles. The van der Waals surface area contributed by atoms with Gasteiger partial charge in [0.25, 0.3) is 0 Å². The average molecular weight is 111 g/mol. The van der Waals surface area contributed by atoms with Crippen molar-refractivity contribution in [2.75, 3.05) is 0 Å². The second-order valence-corrected chi connectivity index (χ2v) is 2.39. The lowest BCUT2D eigenvalue weighted by Crippen LogP contribution is -1.97. The summed E-state index contributed by atoms with van der Waals surface area (Å²) in [5.41, 5.74) is 6.77. The van der Waals surface area contributed by atoms with Gasteiger partial charge in [0.2, 0.25) is 0 Å². The predicted molar refractivity (Wildman–Crippen MR) is 35.3 cm³/mol. The Morgan fingerprint density at radius 2 is 2.38 bits per heavy atom. The minimum atomic E-state index is 0.759. The Bertz CT molecular complexity index is 101. The first-order valence-corrected chi connectivity index (χ1v) is 3.30. The fourth-order valence-corrected chi connectivity index (χ4v) is 0.819. The lowest BCUT2D eigenvalue weighted by Gasteiger charge is -1.92. The molecule has 0 heterocycles.